The number of aromatic nitrogens is 1. The molecule has 0 amide bonds. The highest BCUT2D eigenvalue weighted by molar-refractivity contribution is 5.95. The van der Waals surface area contributed by atoms with E-state index in [-0.39, 0.29) is 6.61 Å². The number of benzene rings is 1. The SMILES string of the molecule is CCOC(=O)C(C)c1cn(C(=O)OC(C)(C)C)c2cc(F)ccc12. The highest BCUT2D eigenvalue weighted by Crippen LogP contribution is 2.30. The van der Waals surface area contributed by atoms with Crippen molar-refractivity contribution >= 4 is 23.0 Å². The minimum absolute atomic E-state index is 0.266. The van der Waals surface area contributed by atoms with Gasteiger partial charge in [-0.3, -0.25) is 9.36 Å². The molecule has 1 aromatic carbocycles. The first-order valence-corrected chi connectivity index (χ1v) is 7.84. The van der Waals surface area contributed by atoms with Crippen molar-refractivity contribution in [3.05, 3.63) is 35.8 Å². The van der Waals surface area contributed by atoms with Crippen molar-refractivity contribution in [2.45, 2.75) is 46.1 Å². The molecule has 0 fully saturated rings. The maximum absolute atomic E-state index is 13.7. The molecular formula is C18H22FNO4. The summed E-state index contributed by atoms with van der Waals surface area (Å²) in [6, 6.07) is 4.10. The van der Waals surface area contributed by atoms with Crippen molar-refractivity contribution < 1.29 is 23.5 Å². The molecule has 0 aliphatic rings. The molecule has 1 aromatic heterocycles. The molecule has 0 saturated carbocycles. The lowest BCUT2D eigenvalue weighted by Gasteiger charge is -2.19. The normalized spacial score (nSPS) is 12.9. The van der Waals surface area contributed by atoms with Gasteiger partial charge in [0, 0.05) is 11.6 Å². The Labute approximate surface area is 140 Å². The van der Waals surface area contributed by atoms with E-state index in [1.807, 2.05) is 0 Å². The third kappa shape index (κ3) is 3.75. The number of ether oxygens (including phenoxy) is 2. The van der Waals surface area contributed by atoms with E-state index in [9.17, 15) is 14.0 Å². The second-order valence-electron chi connectivity index (χ2n) is 6.57. The van der Waals surface area contributed by atoms with Gasteiger partial charge in [-0.1, -0.05) is 0 Å². The molecule has 1 atom stereocenters. The summed E-state index contributed by atoms with van der Waals surface area (Å²) in [4.78, 5) is 24.5. The number of rotatable bonds is 3. The molecule has 0 radical (unpaired) electrons. The maximum atomic E-state index is 13.7. The van der Waals surface area contributed by atoms with E-state index in [4.69, 9.17) is 9.47 Å². The summed E-state index contributed by atoms with van der Waals surface area (Å²) in [6.45, 7) is 8.93. The van der Waals surface area contributed by atoms with E-state index < -0.39 is 29.4 Å². The summed E-state index contributed by atoms with van der Waals surface area (Å²) in [7, 11) is 0. The van der Waals surface area contributed by atoms with Gasteiger partial charge in [0.1, 0.15) is 11.4 Å². The molecule has 0 aliphatic carbocycles. The Hall–Kier alpha value is -2.37. The minimum atomic E-state index is -0.687. The predicted octanol–water partition coefficient (Wildman–Crippen LogP) is 4.23. The van der Waals surface area contributed by atoms with Gasteiger partial charge < -0.3 is 9.47 Å². The van der Waals surface area contributed by atoms with Crippen LogP contribution in [0.4, 0.5) is 9.18 Å². The zero-order valence-corrected chi connectivity index (χ0v) is 14.6. The number of fused-ring (bicyclic) bond motifs is 1. The monoisotopic (exact) mass is 335 g/mol. The van der Waals surface area contributed by atoms with E-state index in [1.165, 1.54) is 22.9 Å². The molecular weight excluding hydrogens is 313 g/mol. The predicted molar refractivity (Wildman–Crippen MR) is 88.6 cm³/mol. The van der Waals surface area contributed by atoms with Crippen molar-refractivity contribution in [2.75, 3.05) is 6.61 Å². The average molecular weight is 335 g/mol. The second-order valence-corrected chi connectivity index (χ2v) is 6.57. The summed E-state index contributed by atoms with van der Waals surface area (Å²) in [5.74, 6) is -1.45. The van der Waals surface area contributed by atoms with Crippen molar-refractivity contribution in [3.63, 3.8) is 0 Å². The average Bonchev–Trinajstić information content (AvgIpc) is 2.83. The first-order chi connectivity index (χ1) is 11.1. The Morgan fingerprint density at radius 1 is 1.29 bits per heavy atom. The second kappa shape index (κ2) is 6.63. The van der Waals surface area contributed by atoms with Crippen LogP contribution in [0.5, 0.6) is 0 Å². The third-order valence-corrected chi connectivity index (χ3v) is 3.50. The number of esters is 1. The zero-order valence-electron chi connectivity index (χ0n) is 14.6. The first kappa shape index (κ1) is 18.0. The fraction of sp³-hybridized carbons (Fsp3) is 0.444. The summed E-state index contributed by atoms with van der Waals surface area (Å²) in [6.07, 6.45) is 0.889. The fourth-order valence-corrected chi connectivity index (χ4v) is 2.43. The quantitative estimate of drug-likeness (QED) is 0.788. The van der Waals surface area contributed by atoms with E-state index >= 15 is 0 Å². The topological polar surface area (TPSA) is 57.5 Å². The van der Waals surface area contributed by atoms with Gasteiger partial charge in [-0.05, 0) is 58.4 Å². The Bertz CT molecular complexity index is 773. The Balaban J connectivity index is 2.54. The van der Waals surface area contributed by atoms with Crippen LogP contribution in [0.1, 0.15) is 46.1 Å². The van der Waals surface area contributed by atoms with E-state index in [0.29, 0.717) is 16.5 Å². The van der Waals surface area contributed by atoms with Crippen LogP contribution in [-0.4, -0.2) is 28.8 Å². The van der Waals surface area contributed by atoms with Gasteiger partial charge in [0.05, 0.1) is 18.0 Å². The number of hydrogen-bond donors (Lipinski definition) is 0. The van der Waals surface area contributed by atoms with Crippen molar-refractivity contribution in [1.29, 1.82) is 0 Å². The molecule has 1 heterocycles. The Morgan fingerprint density at radius 2 is 1.96 bits per heavy atom. The van der Waals surface area contributed by atoms with E-state index in [2.05, 4.69) is 0 Å². The number of carbonyl (C=O) groups excluding carboxylic acids is 2. The van der Waals surface area contributed by atoms with Gasteiger partial charge in [0.25, 0.3) is 0 Å². The molecule has 1 unspecified atom stereocenters. The number of halogens is 1. The lowest BCUT2D eigenvalue weighted by atomic mass is 10.0. The fourth-order valence-electron chi connectivity index (χ4n) is 2.43. The van der Waals surface area contributed by atoms with Crippen molar-refractivity contribution in [1.82, 2.24) is 4.57 Å². The molecule has 2 aromatic rings. The van der Waals surface area contributed by atoms with Gasteiger partial charge in [0.2, 0.25) is 0 Å². The van der Waals surface area contributed by atoms with Gasteiger partial charge in [0.15, 0.2) is 0 Å². The van der Waals surface area contributed by atoms with Crippen molar-refractivity contribution in [2.24, 2.45) is 0 Å². The molecule has 130 valence electrons. The first-order valence-electron chi connectivity index (χ1n) is 7.84. The maximum Gasteiger partial charge on any atom is 0.419 e. The molecule has 0 aliphatic heterocycles. The lowest BCUT2D eigenvalue weighted by Crippen LogP contribution is -2.26. The van der Waals surface area contributed by atoms with Crippen LogP contribution in [0.2, 0.25) is 0 Å². The third-order valence-electron chi connectivity index (χ3n) is 3.50. The summed E-state index contributed by atoms with van der Waals surface area (Å²) in [5, 5.41) is 0.614. The zero-order chi connectivity index (χ0) is 18.1. The Kier molecular flexibility index (Phi) is 4.96. The highest BCUT2D eigenvalue weighted by atomic mass is 19.1. The summed E-state index contributed by atoms with van der Waals surface area (Å²) >= 11 is 0. The van der Waals surface area contributed by atoms with Gasteiger partial charge in [-0.15, -0.1) is 0 Å². The van der Waals surface area contributed by atoms with Gasteiger partial charge in [-0.25, -0.2) is 9.18 Å². The lowest BCUT2D eigenvalue weighted by molar-refractivity contribution is -0.144. The molecule has 0 bridgehead atoms. The van der Waals surface area contributed by atoms with Gasteiger partial charge >= 0.3 is 12.1 Å². The van der Waals surface area contributed by atoms with E-state index in [0.717, 1.165) is 0 Å². The smallest absolute Gasteiger partial charge is 0.419 e. The van der Waals surface area contributed by atoms with Gasteiger partial charge in [-0.2, -0.15) is 0 Å². The van der Waals surface area contributed by atoms with Crippen LogP contribution >= 0.6 is 0 Å². The molecule has 5 nitrogen and oxygen atoms in total. The molecule has 0 N–H and O–H groups in total. The van der Waals surface area contributed by atoms with Crippen LogP contribution in [0, 0.1) is 5.82 Å². The molecule has 2 rings (SSSR count). The molecule has 6 heteroatoms. The summed E-state index contributed by atoms with van der Waals surface area (Å²) < 4.78 is 25.3. The Morgan fingerprint density at radius 3 is 2.54 bits per heavy atom. The number of nitrogens with zero attached hydrogens (tertiary/aromatic N) is 1. The molecule has 24 heavy (non-hydrogen) atoms. The van der Waals surface area contributed by atoms with E-state index in [1.54, 1.807) is 40.7 Å². The van der Waals surface area contributed by atoms with Crippen LogP contribution in [-0.2, 0) is 14.3 Å². The standard InChI is InChI=1S/C18H22FNO4/c1-6-23-16(21)11(2)14-10-20(17(22)24-18(3,4)5)15-9-12(19)7-8-13(14)15/h7-11H,6H2,1-5H3. The summed E-state index contributed by atoms with van der Waals surface area (Å²) in [5.41, 5.74) is 0.262. The largest absolute Gasteiger partial charge is 0.466 e. The molecule has 0 spiro atoms. The van der Waals surface area contributed by atoms with Crippen LogP contribution in [0.3, 0.4) is 0 Å². The van der Waals surface area contributed by atoms with Crippen molar-refractivity contribution in [3.8, 4) is 0 Å². The minimum Gasteiger partial charge on any atom is -0.466 e. The van der Waals surface area contributed by atoms with Crippen LogP contribution in [0.25, 0.3) is 10.9 Å². The molecule has 0 saturated heterocycles. The number of hydrogen-bond acceptors (Lipinski definition) is 4. The number of carbonyl (C=O) groups is 2. The van der Waals surface area contributed by atoms with Crippen LogP contribution in [0.15, 0.2) is 24.4 Å². The van der Waals surface area contributed by atoms with Crippen LogP contribution < -0.4 is 0 Å². The highest BCUT2D eigenvalue weighted by Gasteiger charge is 2.25.